The summed E-state index contributed by atoms with van der Waals surface area (Å²) in [5.41, 5.74) is 3.54. The van der Waals surface area contributed by atoms with Gasteiger partial charge in [0.15, 0.2) is 0 Å². The second-order valence-electron chi connectivity index (χ2n) is 6.37. The molecule has 0 bridgehead atoms. The van der Waals surface area contributed by atoms with Crippen LogP contribution in [0.1, 0.15) is 6.92 Å². The molecule has 0 spiro atoms. The molecule has 4 N–H and O–H groups in total. The topological polar surface area (TPSA) is 101 Å². The molecule has 3 aromatic carbocycles. The van der Waals surface area contributed by atoms with Gasteiger partial charge < -0.3 is 10.6 Å². The second-order valence-corrected chi connectivity index (χ2v) is 7.93. The SMILES string of the molecule is C[C@H](Nc1ccc(-c2ccccc2)cc1)C(=O)Nc1ccc(S(N)(=O)=O)cc1. The fraction of sp³-hybridized carbons (Fsp3) is 0.0952. The summed E-state index contributed by atoms with van der Waals surface area (Å²) >= 11 is 0. The molecule has 7 heteroatoms. The van der Waals surface area contributed by atoms with Crippen molar-refractivity contribution in [3.63, 3.8) is 0 Å². The normalized spacial score (nSPS) is 12.2. The van der Waals surface area contributed by atoms with E-state index in [-0.39, 0.29) is 10.8 Å². The Labute approximate surface area is 164 Å². The van der Waals surface area contributed by atoms with Crippen LogP contribution in [-0.4, -0.2) is 20.4 Å². The summed E-state index contributed by atoms with van der Waals surface area (Å²) < 4.78 is 22.5. The van der Waals surface area contributed by atoms with Crippen LogP contribution in [0.4, 0.5) is 11.4 Å². The van der Waals surface area contributed by atoms with E-state index in [0.717, 1.165) is 16.8 Å². The molecule has 0 aliphatic rings. The molecule has 0 saturated heterocycles. The molecule has 0 saturated carbocycles. The van der Waals surface area contributed by atoms with Gasteiger partial charge in [-0.25, -0.2) is 13.6 Å². The van der Waals surface area contributed by atoms with Crippen molar-refractivity contribution in [3.05, 3.63) is 78.9 Å². The number of nitrogens with one attached hydrogen (secondary N) is 2. The molecule has 0 aromatic heterocycles. The van der Waals surface area contributed by atoms with Crippen LogP contribution in [0.15, 0.2) is 83.8 Å². The van der Waals surface area contributed by atoms with Gasteiger partial charge in [0, 0.05) is 11.4 Å². The molecule has 3 rings (SSSR count). The monoisotopic (exact) mass is 395 g/mol. The van der Waals surface area contributed by atoms with Gasteiger partial charge in [-0.3, -0.25) is 4.79 Å². The van der Waals surface area contributed by atoms with Crippen LogP contribution in [0.5, 0.6) is 0 Å². The first kappa shape index (κ1) is 19.6. The summed E-state index contributed by atoms with van der Waals surface area (Å²) in [6.07, 6.45) is 0. The Morgan fingerprint density at radius 2 is 1.36 bits per heavy atom. The predicted octanol–water partition coefficient (Wildman–Crippen LogP) is 3.44. The lowest BCUT2D eigenvalue weighted by Gasteiger charge is -2.16. The standard InChI is InChI=1S/C21H21N3O3S/c1-15(21(25)24-19-11-13-20(14-12-19)28(22,26)27)23-18-9-7-17(8-10-18)16-5-3-2-4-6-16/h2-15,23H,1H3,(H,24,25)(H2,22,26,27)/t15-/m0/s1. The van der Waals surface area contributed by atoms with Crippen LogP contribution in [0.2, 0.25) is 0 Å². The average molecular weight is 395 g/mol. The molecule has 0 unspecified atom stereocenters. The van der Waals surface area contributed by atoms with E-state index in [1.165, 1.54) is 24.3 Å². The summed E-state index contributed by atoms with van der Waals surface area (Å²) in [7, 11) is -3.75. The number of carbonyl (C=O) groups excluding carboxylic acids is 1. The molecular formula is C21H21N3O3S. The number of hydrogen-bond donors (Lipinski definition) is 3. The highest BCUT2D eigenvalue weighted by molar-refractivity contribution is 7.89. The highest BCUT2D eigenvalue weighted by Crippen LogP contribution is 2.21. The van der Waals surface area contributed by atoms with Crippen molar-refractivity contribution in [2.45, 2.75) is 17.9 Å². The lowest BCUT2D eigenvalue weighted by molar-refractivity contribution is -0.116. The van der Waals surface area contributed by atoms with Gasteiger partial charge >= 0.3 is 0 Å². The summed E-state index contributed by atoms with van der Waals surface area (Å²) in [5, 5.41) is 11.0. The third-order valence-electron chi connectivity index (χ3n) is 4.22. The van der Waals surface area contributed by atoms with E-state index in [0.29, 0.717) is 5.69 Å². The van der Waals surface area contributed by atoms with Crippen molar-refractivity contribution in [2.24, 2.45) is 5.14 Å². The Balaban J connectivity index is 1.61. The van der Waals surface area contributed by atoms with Crippen molar-refractivity contribution in [1.82, 2.24) is 0 Å². The lowest BCUT2D eigenvalue weighted by atomic mass is 10.1. The van der Waals surface area contributed by atoms with Gasteiger partial charge in [0.05, 0.1) is 4.90 Å². The Bertz CT molecular complexity index is 1050. The maximum absolute atomic E-state index is 12.4. The van der Waals surface area contributed by atoms with Gasteiger partial charge in [0.25, 0.3) is 0 Å². The van der Waals surface area contributed by atoms with Gasteiger partial charge in [0.1, 0.15) is 6.04 Å². The highest BCUT2D eigenvalue weighted by Gasteiger charge is 2.14. The Morgan fingerprint density at radius 3 is 1.93 bits per heavy atom. The summed E-state index contributed by atoms with van der Waals surface area (Å²) in [6.45, 7) is 1.75. The number of amides is 1. The molecule has 1 atom stereocenters. The minimum atomic E-state index is -3.75. The summed E-state index contributed by atoms with van der Waals surface area (Å²) in [6, 6.07) is 23.1. The van der Waals surface area contributed by atoms with E-state index in [9.17, 15) is 13.2 Å². The van der Waals surface area contributed by atoms with Crippen molar-refractivity contribution in [2.75, 3.05) is 10.6 Å². The van der Waals surface area contributed by atoms with E-state index in [2.05, 4.69) is 10.6 Å². The van der Waals surface area contributed by atoms with Crippen LogP contribution < -0.4 is 15.8 Å². The molecule has 3 aromatic rings. The fourth-order valence-electron chi connectivity index (χ4n) is 2.68. The maximum Gasteiger partial charge on any atom is 0.246 e. The number of nitrogens with two attached hydrogens (primary N) is 1. The lowest BCUT2D eigenvalue weighted by Crippen LogP contribution is -2.31. The smallest absolute Gasteiger partial charge is 0.246 e. The number of carbonyl (C=O) groups is 1. The van der Waals surface area contributed by atoms with E-state index in [1.807, 2.05) is 54.6 Å². The van der Waals surface area contributed by atoms with Gasteiger partial charge in [-0.15, -0.1) is 0 Å². The Hall–Kier alpha value is -3.16. The molecule has 0 heterocycles. The minimum absolute atomic E-state index is 0.00446. The van der Waals surface area contributed by atoms with Gasteiger partial charge in [-0.2, -0.15) is 0 Å². The third kappa shape index (κ3) is 4.97. The highest BCUT2D eigenvalue weighted by atomic mass is 32.2. The second kappa shape index (κ2) is 8.24. The van der Waals surface area contributed by atoms with E-state index in [1.54, 1.807) is 6.92 Å². The van der Waals surface area contributed by atoms with Gasteiger partial charge in [-0.05, 0) is 54.4 Å². The van der Waals surface area contributed by atoms with Crippen LogP contribution in [0.25, 0.3) is 11.1 Å². The molecule has 28 heavy (non-hydrogen) atoms. The molecule has 0 radical (unpaired) electrons. The van der Waals surface area contributed by atoms with Crippen molar-refractivity contribution in [1.29, 1.82) is 0 Å². The van der Waals surface area contributed by atoms with E-state index < -0.39 is 16.1 Å². The summed E-state index contributed by atoms with van der Waals surface area (Å²) in [5.74, 6) is -0.240. The Morgan fingerprint density at radius 1 is 0.821 bits per heavy atom. The van der Waals surface area contributed by atoms with Crippen molar-refractivity contribution in [3.8, 4) is 11.1 Å². The van der Waals surface area contributed by atoms with Gasteiger partial charge in [-0.1, -0.05) is 42.5 Å². The zero-order chi connectivity index (χ0) is 20.1. The number of rotatable bonds is 6. The predicted molar refractivity (Wildman–Crippen MR) is 111 cm³/mol. The maximum atomic E-state index is 12.4. The van der Waals surface area contributed by atoms with Gasteiger partial charge in [0.2, 0.25) is 15.9 Å². The minimum Gasteiger partial charge on any atom is -0.374 e. The average Bonchev–Trinajstić information content (AvgIpc) is 2.69. The number of benzene rings is 3. The number of sulfonamides is 1. The van der Waals surface area contributed by atoms with E-state index in [4.69, 9.17) is 5.14 Å². The van der Waals surface area contributed by atoms with Crippen LogP contribution in [0.3, 0.4) is 0 Å². The molecule has 144 valence electrons. The van der Waals surface area contributed by atoms with Crippen LogP contribution in [-0.2, 0) is 14.8 Å². The molecule has 0 fully saturated rings. The first-order chi connectivity index (χ1) is 13.3. The number of primary sulfonamides is 1. The Kier molecular flexibility index (Phi) is 5.77. The molecular weight excluding hydrogens is 374 g/mol. The largest absolute Gasteiger partial charge is 0.374 e. The number of hydrogen-bond acceptors (Lipinski definition) is 4. The van der Waals surface area contributed by atoms with Crippen molar-refractivity contribution >= 4 is 27.3 Å². The van der Waals surface area contributed by atoms with Crippen LogP contribution in [0, 0.1) is 0 Å². The summed E-state index contributed by atoms with van der Waals surface area (Å²) in [4.78, 5) is 12.4. The molecule has 0 aliphatic heterocycles. The zero-order valence-corrected chi connectivity index (χ0v) is 16.1. The molecule has 1 amide bonds. The quantitative estimate of drug-likeness (QED) is 0.595. The molecule has 0 aliphatic carbocycles. The first-order valence-corrected chi connectivity index (χ1v) is 10.2. The van der Waals surface area contributed by atoms with Crippen molar-refractivity contribution < 1.29 is 13.2 Å². The third-order valence-corrected chi connectivity index (χ3v) is 5.15. The fourth-order valence-corrected chi connectivity index (χ4v) is 3.20. The van der Waals surface area contributed by atoms with Crippen LogP contribution >= 0.6 is 0 Å². The molecule has 6 nitrogen and oxygen atoms in total. The first-order valence-electron chi connectivity index (χ1n) is 8.69. The number of anilines is 2. The zero-order valence-electron chi connectivity index (χ0n) is 15.3. The van der Waals surface area contributed by atoms with E-state index >= 15 is 0 Å².